The summed E-state index contributed by atoms with van der Waals surface area (Å²) < 4.78 is 38.9. The number of fused-ring (bicyclic) bond motifs is 1. The minimum atomic E-state index is -5.07. The van der Waals surface area contributed by atoms with Gasteiger partial charge in [0.1, 0.15) is 5.56 Å². The number of pyridine rings is 1. The van der Waals surface area contributed by atoms with Gasteiger partial charge in [-0.3, -0.25) is 9.59 Å². The third kappa shape index (κ3) is 3.36. The molecule has 0 saturated heterocycles. The summed E-state index contributed by atoms with van der Waals surface area (Å²) in [6.07, 6.45) is -0.168. The van der Waals surface area contributed by atoms with Gasteiger partial charge in [0.15, 0.2) is 0 Å². The van der Waals surface area contributed by atoms with Crippen molar-refractivity contribution in [2.45, 2.75) is 48.4 Å². The van der Waals surface area contributed by atoms with Gasteiger partial charge in [-0.05, 0) is 18.9 Å². The molecule has 1 saturated carbocycles. The van der Waals surface area contributed by atoms with Gasteiger partial charge < -0.3 is 4.98 Å². The molecule has 1 N–H and O–H groups in total. The standard InChI is InChI=1S/C17H16F3NO2S/c18-17(19,20)15(22)13-14(24-10-6-2-1-3-7-10)11-8-4-5-9-12(11)21-16(13)23/h4-5,8-10H,1-3,6-7H2,(H,21,23). The van der Waals surface area contributed by atoms with Crippen molar-refractivity contribution in [1.82, 2.24) is 4.98 Å². The Labute approximate surface area is 140 Å². The van der Waals surface area contributed by atoms with Gasteiger partial charge in [-0.2, -0.15) is 13.2 Å². The van der Waals surface area contributed by atoms with Crippen molar-refractivity contribution in [3.8, 4) is 0 Å². The first-order valence-electron chi connectivity index (χ1n) is 7.81. The summed E-state index contributed by atoms with van der Waals surface area (Å²) in [4.78, 5) is 26.6. The number of hydrogen-bond donors (Lipinski definition) is 1. The van der Waals surface area contributed by atoms with Gasteiger partial charge in [0.25, 0.3) is 11.3 Å². The average Bonchev–Trinajstić information content (AvgIpc) is 2.54. The predicted octanol–water partition coefficient (Wildman–Crippen LogP) is 4.70. The van der Waals surface area contributed by atoms with Crippen LogP contribution in [0.1, 0.15) is 42.5 Å². The molecule has 1 fully saturated rings. The Morgan fingerprint density at radius 2 is 1.79 bits per heavy atom. The lowest BCUT2D eigenvalue weighted by atomic mass is 10.0. The van der Waals surface area contributed by atoms with Crippen molar-refractivity contribution in [3.63, 3.8) is 0 Å². The largest absolute Gasteiger partial charge is 0.455 e. The minimum Gasteiger partial charge on any atom is -0.321 e. The number of rotatable bonds is 3. The van der Waals surface area contributed by atoms with Crippen LogP contribution >= 0.6 is 11.8 Å². The zero-order chi connectivity index (χ0) is 17.3. The van der Waals surface area contributed by atoms with Crippen LogP contribution in [0.15, 0.2) is 34.0 Å². The third-order valence-electron chi connectivity index (χ3n) is 4.20. The van der Waals surface area contributed by atoms with E-state index in [1.54, 1.807) is 24.3 Å². The number of nitrogens with one attached hydrogen (secondary N) is 1. The summed E-state index contributed by atoms with van der Waals surface area (Å²) in [7, 11) is 0. The molecule has 128 valence electrons. The van der Waals surface area contributed by atoms with E-state index in [4.69, 9.17) is 0 Å². The lowest BCUT2D eigenvalue weighted by Gasteiger charge is -2.22. The number of benzene rings is 1. The van der Waals surface area contributed by atoms with Crippen molar-refractivity contribution >= 4 is 28.4 Å². The number of carbonyl (C=O) groups excluding carboxylic acids is 1. The maximum atomic E-state index is 13.0. The van der Waals surface area contributed by atoms with Crippen LogP contribution in [-0.4, -0.2) is 22.2 Å². The molecule has 1 aromatic carbocycles. The molecule has 0 bridgehead atoms. The van der Waals surface area contributed by atoms with Crippen LogP contribution in [0.3, 0.4) is 0 Å². The number of aromatic nitrogens is 1. The first kappa shape index (κ1) is 17.1. The highest BCUT2D eigenvalue weighted by Crippen LogP contribution is 2.39. The molecule has 1 aliphatic rings. The summed E-state index contributed by atoms with van der Waals surface area (Å²) in [5, 5.41) is 0.615. The number of Topliss-reactive ketones (excluding diaryl/α,β-unsaturated/α-hetero) is 1. The molecular weight excluding hydrogens is 339 g/mol. The maximum Gasteiger partial charge on any atom is 0.455 e. The van der Waals surface area contributed by atoms with E-state index in [0.29, 0.717) is 10.9 Å². The number of ketones is 1. The van der Waals surface area contributed by atoms with Gasteiger partial charge in [0.05, 0.1) is 0 Å². The quantitative estimate of drug-likeness (QED) is 0.812. The smallest absolute Gasteiger partial charge is 0.321 e. The van der Waals surface area contributed by atoms with Crippen molar-refractivity contribution < 1.29 is 18.0 Å². The van der Waals surface area contributed by atoms with Gasteiger partial charge in [0.2, 0.25) is 0 Å². The number of alkyl halides is 3. The number of H-pyrrole nitrogens is 1. The predicted molar refractivity (Wildman–Crippen MR) is 87.7 cm³/mol. The zero-order valence-corrected chi connectivity index (χ0v) is 13.6. The van der Waals surface area contributed by atoms with E-state index in [2.05, 4.69) is 4.98 Å². The fourth-order valence-electron chi connectivity index (χ4n) is 3.03. The van der Waals surface area contributed by atoms with Gasteiger partial charge in [-0.15, -0.1) is 11.8 Å². The fraction of sp³-hybridized carbons (Fsp3) is 0.412. The maximum absolute atomic E-state index is 13.0. The zero-order valence-electron chi connectivity index (χ0n) is 12.8. The van der Waals surface area contributed by atoms with E-state index < -0.39 is 23.1 Å². The molecule has 0 atom stereocenters. The topological polar surface area (TPSA) is 49.9 Å². The molecule has 0 spiro atoms. The Morgan fingerprint density at radius 1 is 1.12 bits per heavy atom. The Bertz CT molecular complexity index is 823. The Hall–Kier alpha value is -1.76. The van der Waals surface area contributed by atoms with Crippen LogP contribution < -0.4 is 5.56 Å². The van der Waals surface area contributed by atoms with Crippen LogP contribution in [-0.2, 0) is 0 Å². The fourth-order valence-corrected chi connectivity index (χ4v) is 4.54. The SMILES string of the molecule is O=C(c1c(SC2CCCCC2)c2ccccc2[nH]c1=O)C(F)(F)F. The van der Waals surface area contributed by atoms with E-state index in [1.165, 1.54) is 11.8 Å². The van der Waals surface area contributed by atoms with Gasteiger partial charge >= 0.3 is 6.18 Å². The van der Waals surface area contributed by atoms with Crippen molar-refractivity contribution in [3.05, 3.63) is 40.2 Å². The van der Waals surface area contributed by atoms with E-state index in [9.17, 15) is 22.8 Å². The number of hydrogen-bond acceptors (Lipinski definition) is 3. The highest BCUT2D eigenvalue weighted by Gasteiger charge is 2.42. The van der Waals surface area contributed by atoms with Crippen LogP contribution in [0.4, 0.5) is 13.2 Å². The summed E-state index contributed by atoms with van der Waals surface area (Å²) in [6.45, 7) is 0. The molecule has 1 aliphatic carbocycles. The lowest BCUT2D eigenvalue weighted by molar-refractivity contribution is -0.0888. The summed E-state index contributed by atoms with van der Waals surface area (Å²) >= 11 is 1.24. The molecule has 3 rings (SSSR count). The second kappa shape index (κ2) is 6.63. The molecule has 0 radical (unpaired) electrons. The molecule has 2 aromatic rings. The molecule has 3 nitrogen and oxygen atoms in total. The number of aromatic amines is 1. The van der Waals surface area contributed by atoms with Crippen molar-refractivity contribution in [2.75, 3.05) is 0 Å². The Balaban J connectivity index is 2.17. The number of para-hydroxylation sites is 1. The van der Waals surface area contributed by atoms with Crippen LogP contribution in [0.5, 0.6) is 0 Å². The first-order valence-corrected chi connectivity index (χ1v) is 8.69. The molecular formula is C17H16F3NO2S. The molecule has 0 unspecified atom stereocenters. The first-order chi connectivity index (χ1) is 11.4. The minimum absolute atomic E-state index is 0.128. The summed E-state index contributed by atoms with van der Waals surface area (Å²) in [5.41, 5.74) is -1.31. The van der Waals surface area contributed by atoms with Crippen LogP contribution in [0.2, 0.25) is 0 Å². The van der Waals surface area contributed by atoms with Crippen LogP contribution in [0.25, 0.3) is 10.9 Å². The monoisotopic (exact) mass is 355 g/mol. The van der Waals surface area contributed by atoms with Crippen molar-refractivity contribution in [1.29, 1.82) is 0 Å². The average molecular weight is 355 g/mol. The molecule has 1 aromatic heterocycles. The van der Waals surface area contributed by atoms with E-state index in [-0.39, 0.29) is 10.1 Å². The van der Waals surface area contributed by atoms with Gasteiger partial charge in [-0.25, -0.2) is 0 Å². The van der Waals surface area contributed by atoms with Gasteiger partial charge in [0, 0.05) is 21.0 Å². The normalized spacial score (nSPS) is 16.5. The van der Waals surface area contributed by atoms with Crippen molar-refractivity contribution in [2.24, 2.45) is 0 Å². The Kier molecular flexibility index (Phi) is 4.71. The highest BCUT2D eigenvalue weighted by atomic mass is 32.2. The van der Waals surface area contributed by atoms with E-state index in [0.717, 1.165) is 32.1 Å². The molecule has 0 aliphatic heterocycles. The molecule has 0 amide bonds. The Morgan fingerprint density at radius 3 is 2.46 bits per heavy atom. The van der Waals surface area contributed by atoms with E-state index >= 15 is 0 Å². The molecule has 1 heterocycles. The number of carbonyl (C=O) groups is 1. The van der Waals surface area contributed by atoms with Crippen LogP contribution in [0, 0.1) is 0 Å². The summed E-state index contributed by atoms with van der Waals surface area (Å²) in [5.74, 6) is -2.08. The number of halogens is 3. The second-order valence-corrected chi connectivity index (χ2v) is 7.22. The third-order valence-corrected chi connectivity index (χ3v) is 5.66. The number of thioether (sulfide) groups is 1. The second-order valence-electron chi connectivity index (χ2n) is 5.91. The molecule has 7 heteroatoms. The molecule has 24 heavy (non-hydrogen) atoms. The lowest BCUT2D eigenvalue weighted by Crippen LogP contribution is -2.30. The van der Waals surface area contributed by atoms with E-state index in [1.807, 2.05) is 0 Å². The van der Waals surface area contributed by atoms with Gasteiger partial charge in [-0.1, -0.05) is 37.5 Å². The highest BCUT2D eigenvalue weighted by molar-refractivity contribution is 8.00. The summed E-state index contributed by atoms with van der Waals surface area (Å²) in [6, 6.07) is 6.65.